The Balaban J connectivity index is 2.09. The van der Waals surface area contributed by atoms with Crippen LogP contribution in [0.1, 0.15) is 19.8 Å². The van der Waals surface area contributed by atoms with Gasteiger partial charge >= 0.3 is 0 Å². The molecule has 0 radical (unpaired) electrons. The normalized spacial score (nSPS) is 17.7. The van der Waals surface area contributed by atoms with Crippen LogP contribution in [0.15, 0.2) is 23.1 Å². The van der Waals surface area contributed by atoms with E-state index in [2.05, 4.69) is 4.72 Å². The Morgan fingerprint density at radius 1 is 1.44 bits per heavy atom. The van der Waals surface area contributed by atoms with Gasteiger partial charge in [-0.05, 0) is 42.9 Å². The standard InChI is InChI=1S/C12H17FN2O2S/c1-8(9-2-3-9)7-15-18(16,17)12-5-10(13)4-11(14)6-12/h4-6,8-9,15H,2-3,7,14H2,1H3. The van der Waals surface area contributed by atoms with E-state index in [1.54, 1.807) is 0 Å². The molecule has 0 saturated heterocycles. The topological polar surface area (TPSA) is 72.2 Å². The second kappa shape index (κ2) is 4.85. The molecule has 0 spiro atoms. The van der Waals surface area contributed by atoms with Crippen molar-refractivity contribution in [3.63, 3.8) is 0 Å². The number of anilines is 1. The smallest absolute Gasteiger partial charge is 0.240 e. The molecule has 1 saturated carbocycles. The first-order valence-electron chi connectivity index (χ1n) is 5.94. The summed E-state index contributed by atoms with van der Waals surface area (Å²) in [5.74, 6) is 0.279. The summed E-state index contributed by atoms with van der Waals surface area (Å²) < 4.78 is 39.5. The maximum atomic E-state index is 13.1. The highest BCUT2D eigenvalue weighted by Gasteiger charge is 2.28. The second-order valence-electron chi connectivity index (χ2n) is 4.89. The van der Waals surface area contributed by atoms with Crippen LogP contribution < -0.4 is 10.5 Å². The van der Waals surface area contributed by atoms with E-state index in [1.165, 1.54) is 6.07 Å². The van der Waals surface area contributed by atoms with Crippen LogP contribution in [-0.4, -0.2) is 15.0 Å². The van der Waals surface area contributed by atoms with Gasteiger partial charge in [-0.2, -0.15) is 0 Å². The molecule has 1 unspecified atom stereocenters. The molecule has 6 heteroatoms. The van der Waals surface area contributed by atoms with Crippen molar-refractivity contribution in [3.8, 4) is 0 Å². The van der Waals surface area contributed by atoms with E-state index in [-0.39, 0.29) is 10.6 Å². The van der Waals surface area contributed by atoms with E-state index in [4.69, 9.17) is 5.73 Å². The number of nitrogen functional groups attached to an aromatic ring is 1. The summed E-state index contributed by atoms with van der Waals surface area (Å²) >= 11 is 0. The molecule has 0 heterocycles. The van der Waals surface area contributed by atoms with Crippen LogP contribution in [0.3, 0.4) is 0 Å². The van der Waals surface area contributed by atoms with E-state index in [0.717, 1.165) is 25.0 Å². The quantitative estimate of drug-likeness (QED) is 0.802. The Morgan fingerprint density at radius 2 is 2.11 bits per heavy atom. The molecule has 100 valence electrons. The lowest BCUT2D eigenvalue weighted by molar-refractivity contribution is 0.491. The maximum absolute atomic E-state index is 13.1. The summed E-state index contributed by atoms with van der Waals surface area (Å²) in [7, 11) is -3.68. The van der Waals surface area contributed by atoms with Gasteiger partial charge < -0.3 is 5.73 Å². The summed E-state index contributed by atoms with van der Waals surface area (Å²) in [5, 5.41) is 0. The molecular weight excluding hydrogens is 255 g/mol. The fourth-order valence-electron chi connectivity index (χ4n) is 1.90. The molecule has 3 N–H and O–H groups in total. The molecule has 2 rings (SSSR count). The monoisotopic (exact) mass is 272 g/mol. The molecule has 0 amide bonds. The van der Waals surface area contributed by atoms with Crippen LogP contribution in [0.5, 0.6) is 0 Å². The number of nitrogens with one attached hydrogen (secondary N) is 1. The minimum Gasteiger partial charge on any atom is -0.399 e. The van der Waals surface area contributed by atoms with Crippen molar-refractivity contribution in [2.75, 3.05) is 12.3 Å². The van der Waals surface area contributed by atoms with Gasteiger partial charge in [0, 0.05) is 12.2 Å². The summed E-state index contributed by atoms with van der Waals surface area (Å²) in [5.41, 5.74) is 5.54. The van der Waals surface area contributed by atoms with Gasteiger partial charge in [0.15, 0.2) is 0 Å². The van der Waals surface area contributed by atoms with E-state index in [1.807, 2.05) is 6.92 Å². The zero-order chi connectivity index (χ0) is 13.3. The lowest BCUT2D eigenvalue weighted by Crippen LogP contribution is -2.29. The number of halogens is 1. The molecule has 1 fully saturated rings. The number of hydrogen-bond acceptors (Lipinski definition) is 3. The molecule has 0 aromatic heterocycles. The van der Waals surface area contributed by atoms with E-state index in [0.29, 0.717) is 18.4 Å². The van der Waals surface area contributed by atoms with Crippen LogP contribution in [0.2, 0.25) is 0 Å². The minimum atomic E-state index is -3.68. The number of rotatable bonds is 5. The number of benzene rings is 1. The predicted octanol–water partition coefficient (Wildman–Crippen LogP) is 1.73. The zero-order valence-electron chi connectivity index (χ0n) is 10.2. The van der Waals surface area contributed by atoms with Crippen LogP contribution in [0, 0.1) is 17.7 Å². The van der Waals surface area contributed by atoms with Crippen LogP contribution in [0.25, 0.3) is 0 Å². The Bertz CT molecular complexity index is 521. The van der Waals surface area contributed by atoms with E-state index in [9.17, 15) is 12.8 Å². The predicted molar refractivity (Wildman–Crippen MR) is 67.9 cm³/mol. The molecule has 1 aliphatic carbocycles. The van der Waals surface area contributed by atoms with Crippen molar-refractivity contribution in [3.05, 3.63) is 24.0 Å². The summed E-state index contributed by atoms with van der Waals surface area (Å²) in [6.07, 6.45) is 2.33. The molecule has 0 aliphatic heterocycles. The average Bonchev–Trinajstić information content (AvgIpc) is 3.08. The first kappa shape index (κ1) is 13.3. The summed E-state index contributed by atoms with van der Waals surface area (Å²) in [6, 6.07) is 3.32. The Hall–Kier alpha value is -1.14. The van der Waals surface area contributed by atoms with Gasteiger partial charge in [-0.25, -0.2) is 17.5 Å². The van der Waals surface area contributed by atoms with Gasteiger partial charge in [0.25, 0.3) is 0 Å². The van der Waals surface area contributed by atoms with Gasteiger partial charge in [0.2, 0.25) is 10.0 Å². The highest BCUT2D eigenvalue weighted by molar-refractivity contribution is 7.89. The van der Waals surface area contributed by atoms with Crippen molar-refractivity contribution >= 4 is 15.7 Å². The van der Waals surface area contributed by atoms with Crippen molar-refractivity contribution < 1.29 is 12.8 Å². The number of sulfonamides is 1. The third kappa shape index (κ3) is 3.20. The second-order valence-corrected chi connectivity index (χ2v) is 6.65. The van der Waals surface area contributed by atoms with Crippen LogP contribution in [-0.2, 0) is 10.0 Å². The first-order chi connectivity index (χ1) is 8.38. The zero-order valence-corrected chi connectivity index (χ0v) is 11.0. The van der Waals surface area contributed by atoms with E-state index < -0.39 is 15.8 Å². The Kier molecular flexibility index (Phi) is 3.59. The van der Waals surface area contributed by atoms with E-state index >= 15 is 0 Å². The fraction of sp³-hybridized carbons (Fsp3) is 0.500. The first-order valence-corrected chi connectivity index (χ1v) is 7.42. The van der Waals surface area contributed by atoms with Crippen molar-refractivity contribution in [2.45, 2.75) is 24.7 Å². The molecule has 18 heavy (non-hydrogen) atoms. The summed E-state index contributed by atoms with van der Waals surface area (Å²) in [4.78, 5) is -0.122. The highest BCUT2D eigenvalue weighted by Crippen LogP contribution is 2.36. The molecule has 1 aromatic carbocycles. The lowest BCUT2D eigenvalue weighted by atomic mass is 10.1. The number of nitrogens with two attached hydrogens (primary N) is 1. The third-order valence-electron chi connectivity index (χ3n) is 3.23. The van der Waals surface area contributed by atoms with Crippen LogP contribution >= 0.6 is 0 Å². The fourth-order valence-corrected chi connectivity index (χ4v) is 3.10. The van der Waals surface area contributed by atoms with Crippen molar-refractivity contribution in [2.24, 2.45) is 11.8 Å². The van der Waals surface area contributed by atoms with Crippen LogP contribution in [0.4, 0.5) is 10.1 Å². The third-order valence-corrected chi connectivity index (χ3v) is 4.63. The Morgan fingerprint density at radius 3 is 2.67 bits per heavy atom. The molecule has 1 atom stereocenters. The SMILES string of the molecule is CC(CNS(=O)(=O)c1cc(N)cc(F)c1)C1CC1. The molecule has 1 aliphatic rings. The van der Waals surface area contributed by atoms with Gasteiger partial charge in [0.1, 0.15) is 5.82 Å². The molecular formula is C12H17FN2O2S. The maximum Gasteiger partial charge on any atom is 0.240 e. The minimum absolute atomic E-state index is 0.102. The lowest BCUT2D eigenvalue weighted by Gasteiger charge is -2.12. The summed E-state index contributed by atoms with van der Waals surface area (Å²) in [6.45, 7) is 2.39. The largest absolute Gasteiger partial charge is 0.399 e. The van der Waals surface area contributed by atoms with Crippen molar-refractivity contribution in [1.82, 2.24) is 4.72 Å². The number of hydrogen-bond donors (Lipinski definition) is 2. The van der Waals surface area contributed by atoms with Gasteiger partial charge in [-0.15, -0.1) is 0 Å². The average molecular weight is 272 g/mol. The Labute approximate surface area is 106 Å². The molecule has 4 nitrogen and oxygen atoms in total. The molecule has 1 aromatic rings. The molecule has 0 bridgehead atoms. The van der Waals surface area contributed by atoms with Crippen molar-refractivity contribution in [1.29, 1.82) is 0 Å². The van der Waals surface area contributed by atoms with Gasteiger partial charge in [-0.3, -0.25) is 0 Å². The van der Waals surface area contributed by atoms with Gasteiger partial charge in [0.05, 0.1) is 4.90 Å². The highest BCUT2D eigenvalue weighted by atomic mass is 32.2. The van der Waals surface area contributed by atoms with Gasteiger partial charge in [-0.1, -0.05) is 6.92 Å².